The zero-order chi connectivity index (χ0) is 15.1. The van der Waals surface area contributed by atoms with E-state index in [0.29, 0.717) is 18.0 Å². The normalized spacial score (nSPS) is 16.4. The van der Waals surface area contributed by atoms with Crippen molar-refractivity contribution in [1.29, 1.82) is 0 Å². The number of hydrogen-bond acceptors (Lipinski definition) is 2. The molecule has 114 valence electrons. The van der Waals surface area contributed by atoms with E-state index in [2.05, 4.69) is 10.6 Å². The highest BCUT2D eigenvalue weighted by Gasteiger charge is 2.22. The van der Waals surface area contributed by atoms with Crippen LogP contribution >= 0.6 is 0 Å². The van der Waals surface area contributed by atoms with Gasteiger partial charge in [-0.15, -0.1) is 0 Å². The van der Waals surface area contributed by atoms with E-state index in [4.69, 9.17) is 0 Å². The second-order valence-corrected chi connectivity index (χ2v) is 5.52. The summed E-state index contributed by atoms with van der Waals surface area (Å²) in [5, 5.41) is 14.5. The summed E-state index contributed by atoms with van der Waals surface area (Å²) >= 11 is 0. The highest BCUT2D eigenvalue weighted by Crippen LogP contribution is 2.26. The van der Waals surface area contributed by atoms with Gasteiger partial charge in [-0.3, -0.25) is 0 Å². The van der Waals surface area contributed by atoms with E-state index < -0.39 is 18.0 Å². The highest BCUT2D eigenvalue weighted by molar-refractivity contribution is 5.83. The lowest BCUT2D eigenvalue weighted by atomic mass is 10.0. The molecule has 1 aliphatic carbocycles. The fourth-order valence-corrected chi connectivity index (χ4v) is 2.80. The van der Waals surface area contributed by atoms with Crippen molar-refractivity contribution < 1.29 is 14.7 Å². The topological polar surface area (TPSA) is 78.4 Å². The van der Waals surface area contributed by atoms with Crippen molar-refractivity contribution >= 4 is 12.0 Å². The van der Waals surface area contributed by atoms with Gasteiger partial charge in [0.1, 0.15) is 0 Å². The van der Waals surface area contributed by atoms with E-state index in [1.807, 2.05) is 6.07 Å². The van der Waals surface area contributed by atoms with E-state index in [1.165, 1.54) is 25.7 Å². The Morgan fingerprint density at radius 1 is 1.19 bits per heavy atom. The van der Waals surface area contributed by atoms with Crippen molar-refractivity contribution in [2.75, 3.05) is 6.54 Å². The molecule has 5 nitrogen and oxygen atoms in total. The molecule has 0 aromatic heterocycles. The third-order valence-corrected chi connectivity index (χ3v) is 3.97. The van der Waals surface area contributed by atoms with E-state index in [1.54, 1.807) is 24.3 Å². The second-order valence-electron chi connectivity index (χ2n) is 5.52. The summed E-state index contributed by atoms with van der Waals surface area (Å²) in [4.78, 5) is 23.1. The van der Waals surface area contributed by atoms with E-state index in [0.717, 1.165) is 6.42 Å². The Morgan fingerprint density at radius 3 is 2.48 bits per heavy atom. The summed E-state index contributed by atoms with van der Waals surface area (Å²) in [6.45, 7) is 0.595. The van der Waals surface area contributed by atoms with E-state index in [9.17, 15) is 14.7 Å². The maximum Gasteiger partial charge on any atom is 0.330 e. The smallest absolute Gasteiger partial charge is 0.330 e. The Morgan fingerprint density at radius 2 is 1.86 bits per heavy atom. The molecule has 1 aliphatic rings. The lowest BCUT2D eigenvalue weighted by Gasteiger charge is -2.16. The number of amides is 2. The second kappa shape index (κ2) is 7.67. The summed E-state index contributed by atoms with van der Waals surface area (Å²) in [5.41, 5.74) is 0.566. The number of aliphatic carboxylic acids is 1. The van der Waals surface area contributed by atoms with Gasteiger partial charge in [-0.05, 0) is 17.9 Å². The monoisotopic (exact) mass is 290 g/mol. The van der Waals surface area contributed by atoms with Gasteiger partial charge in [-0.1, -0.05) is 56.0 Å². The number of carbonyl (C=O) groups excluding carboxylic acids is 1. The summed E-state index contributed by atoms with van der Waals surface area (Å²) in [6, 6.07) is 7.26. The molecule has 1 aromatic rings. The number of carbonyl (C=O) groups is 2. The Hall–Kier alpha value is -2.04. The van der Waals surface area contributed by atoms with Crippen LogP contribution in [0.2, 0.25) is 0 Å². The third-order valence-electron chi connectivity index (χ3n) is 3.97. The van der Waals surface area contributed by atoms with Crippen molar-refractivity contribution in [3.8, 4) is 0 Å². The number of nitrogens with one attached hydrogen (secondary N) is 2. The predicted molar refractivity (Wildman–Crippen MR) is 79.9 cm³/mol. The summed E-state index contributed by atoms with van der Waals surface area (Å²) in [6.07, 6.45) is 6.02. The minimum absolute atomic E-state index is 0.427. The molecule has 3 N–H and O–H groups in total. The molecule has 21 heavy (non-hydrogen) atoms. The van der Waals surface area contributed by atoms with Gasteiger partial charge in [0.2, 0.25) is 0 Å². The third kappa shape index (κ3) is 4.77. The Labute approximate surface area is 124 Å². The van der Waals surface area contributed by atoms with Crippen LogP contribution in [0.1, 0.15) is 43.7 Å². The molecule has 0 spiro atoms. The first-order valence-electron chi connectivity index (χ1n) is 7.49. The fourth-order valence-electron chi connectivity index (χ4n) is 2.80. The fraction of sp³-hybridized carbons (Fsp3) is 0.500. The van der Waals surface area contributed by atoms with Crippen LogP contribution in [-0.2, 0) is 4.79 Å². The van der Waals surface area contributed by atoms with Gasteiger partial charge < -0.3 is 15.7 Å². The molecule has 2 amide bonds. The Kier molecular flexibility index (Phi) is 5.60. The van der Waals surface area contributed by atoms with Gasteiger partial charge in [0, 0.05) is 6.54 Å². The number of benzene rings is 1. The van der Waals surface area contributed by atoms with Crippen LogP contribution < -0.4 is 10.6 Å². The quantitative estimate of drug-likeness (QED) is 0.753. The molecule has 1 unspecified atom stereocenters. The molecule has 0 bridgehead atoms. The SMILES string of the molecule is O=C(NCCC1CCCC1)NC(C(=O)O)c1ccccc1. The molecule has 0 radical (unpaired) electrons. The molecule has 2 rings (SSSR count). The maximum atomic E-state index is 11.8. The largest absolute Gasteiger partial charge is 0.479 e. The highest BCUT2D eigenvalue weighted by atomic mass is 16.4. The molecular formula is C16H22N2O3. The van der Waals surface area contributed by atoms with Crippen LogP contribution in [0.25, 0.3) is 0 Å². The van der Waals surface area contributed by atoms with Crippen LogP contribution in [-0.4, -0.2) is 23.7 Å². The minimum atomic E-state index is -1.06. The average molecular weight is 290 g/mol. The first-order valence-corrected chi connectivity index (χ1v) is 7.49. The molecule has 0 aliphatic heterocycles. The minimum Gasteiger partial charge on any atom is -0.479 e. The molecular weight excluding hydrogens is 268 g/mol. The molecule has 1 atom stereocenters. The molecule has 1 saturated carbocycles. The van der Waals surface area contributed by atoms with Gasteiger partial charge in [0.25, 0.3) is 0 Å². The van der Waals surface area contributed by atoms with Crippen molar-refractivity contribution in [3.05, 3.63) is 35.9 Å². The van der Waals surface area contributed by atoms with Crippen molar-refractivity contribution in [3.63, 3.8) is 0 Å². The lowest BCUT2D eigenvalue weighted by molar-refractivity contribution is -0.139. The molecule has 0 heterocycles. The van der Waals surface area contributed by atoms with Gasteiger partial charge in [0.15, 0.2) is 6.04 Å². The van der Waals surface area contributed by atoms with Crippen LogP contribution in [0.3, 0.4) is 0 Å². The molecule has 1 aromatic carbocycles. The summed E-state index contributed by atoms with van der Waals surface area (Å²) < 4.78 is 0. The van der Waals surface area contributed by atoms with Gasteiger partial charge >= 0.3 is 12.0 Å². The van der Waals surface area contributed by atoms with E-state index >= 15 is 0 Å². The van der Waals surface area contributed by atoms with Gasteiger partial charge in [0.05, 0.1) is 0 Å². The molecule has 0 saturated heterocycles. The van der Waals surface area contributed by atoms with E-state index in [-0.39, 0.29) is 0 Å². The number of hydrogen-bond donors (Lipinski definition) is 3. The Bertz CT molecular complexity index is 470. The first kappa shape index (κ1) is 15.4. The van der Waals surface area contributed by atoms with Crippen LogP contribution in [0.15, 0.2) is 30.3 Å². The lowest BCUT2D eigenvalue weighted by Crippen LogP contribution is -2.41. The van der Waals surface area contributed by atoms with Crippen LogP contribution in [0, 0.1) is 5.92 Å². The van der Waals surface area contributed by atoms with Crippen molar-refractivity contribution in [1.82, 2.24) is 10.6 Å². The van der Waals surface area contributed by atoms with Gasteiger partial charge in [-0.2, -0.15) is 0 Å². The summed E-state index contributed by atoms with van der Waals surface area (Å²) in [5.74, 6) is -0.359. The van der Waals surface area contributed by atoms with Crippen molar-refractivity contribution in [2.24, 2.45) is 5.92 Å². The van der Waals surface area contributed by atoms with Gasteiger partial charge in [-0.25, -0.2) is 9.59 Å². The predicted octanol–water partition coefficient (Wildman–Crippen LogP) is 2.69. The zero-order valence-corrected chi connectivity index (χ0v) is 12.0. The van der Waals surface area contributed by atoms with Crippen LogP contribution in [0.4, 0.5) is 4.79 Å². The number of carboxylic acid groups (broad SMARTS) is 1. The Balaban J connectivity index is 1.80. The average Bonchev–Trinajstić information content (AvgIpc) is 2.98. The van der Waals surface area contributed by atoms with Crippen LogP contribution in [0.5, 0.6) is 0 Å². The number of carboxylic acids is 1. The first-order chi connectivity index (χ1) is 10.2. The standard InChI is InChI=1S/C16H22N2O3/c19-15(20)14(13-8-2-1-3-9-13)18-16(21)17-11-10-12-6-4-5-7-12/h1-3,8-9,12,14H,4-7,10-11H2,(H,19,20)(H2,17,18,21). The number of urea groups is 1. The molecule has 1 fully saturated rings. The molecule has 5 heteroatoms. The van der Waals surface area contributed by atoms with Crippen molar-refractivity contribution in [2.45, 2.75) is 38.1 Å². The zero-order valence-electron chi connectivity index (χ0n) is 12.0. The maximum absolute atomic E-state index is 11.8. The summed E-state index contributed by atoms with van der Waals surface area (Å²) in [7, 11) is 0. The number of rotatable bonds is 6.